The van der Waals surface area contributed by atoms with Crippen molar-refractivity contribution in [3.8, 4) is 0 Å². The third-order valence-corrected chi connectivity index (χ3v) is 4.05. The van der Waals surface area contributed by atoms with Gasteiger partial charge in [-0.25, -0.2) is 13.4 Å². The zero-order chi connectivity index (χ0) is 13.7. The van der Waals surface area contributed by atoms with E-state index in [4.69, 9.17) is 15.1 Å². The number of hydrogen-bond donors (Lipinski definition) is 0. The van der Waals surface area contributed by atoms with E-state index in [-0.39, 0.29) is 15.9 Å². The molecule has 2 aromatic rings. The van der Waals surface area contributed by atoms with Gasteiger partial charge in [-0.15, -0.1) is 0 Å². The molecule has 0 atom stereocenters. The minimum Gasteiger partial charge on any atom is -0.439 e. The summed E-state index contributed by atoms with van der Waals surface area (Å²) in [6, 6.07) is 3.40. The van der Waals surface area contributed by atoms with E-state index in [1.165, 1.54) is 0 Å². The molecule has 0 amide bonds. The summed E-state index contributed by atoms with van der Waals surface area (Å²) in [7, 11) is 1.60. The summed E-state index contributed by atoms with van der Waals surface area (Å²) < 4.78 is 28.8. The van der Waals surface area contributed by atoms with Crippen LogP contribution < -0.4 is 0 Å². The summed E-state index contributed by atoms with van der Waals surface area (Å²) in [5, 5.41) is 0. The van der Waals surface area contributed by atoms with Crippen molar-refractivity contribution in [3.05, 3.63) is 23.6 Å². The van der Waals surface area contributed by atoms with Gasteiger partial charge >= 0.3 is 0 Å². The normalized spacial score (nSPS) is 13.2. The molecule has 0 saturated carbocycles. The molecule has 1 heterocycles. The van der Waals surface area contributed by atoms with Crippen molar-refractivity contribution in [3.63, 3.8) is 0 Å². The van der Waals surface area contributed by atoms with Crippen LogP contribution in [-0.4, -0.2) is 13.4 Å². The first-order valence-electron chi connectivity index (χ1n) is 5.46. The highest BCUT2D eigenvalue weighted by atomic mass is 35.7. The van der Waals surface area contributed by atoms with E-state index in [2.05, 4.69) is 4.98 Å². The Hall–Kier alpha value is -1.07. The Kier molecular flexibility index (Phi) is 2.94. The molecule has 0 fully saturated rings. The second-order valence-corrected chi connectivity index (χ2v) is 7.77. The molecule has 1 aromatic heterocycles. The smallest absolute Gasteiger partial charge is 0.265 e. The Morgan fingerprint density at radius 1 is 1.28 bits per heavy atom. The van der Waals surface area contributed by atoms with Crippen molar-refractivity contribution in [2.24, 2.45) is 0 Å². The molecular weight excluding hydrogens is 274 g/mol. The van der Waals surface area contributed by atoms with Crippen LogP contribution in [0.1, 0.15) is 32.2 Å². The molecule has 0 unspecified atom stereocenters. The Morgan fingerprint density at radius 2 is 1.89 bits per heavy atom. The van der Waals surface area contributed by atoms with Crippen molar-refractivity contribution < 1.29 is 12.8 Å². The van der Waals surface area contributed by atoms with Gasteiger partial charge in [0.2, 0.25) is 5.89 Å². The standard InChI is InChI=1S/C12H14ClNO3S/c1-7-5-6-8-9(10(7)18(13,15)16)17-11(14-8)12(2,3)4/h5-6H,1-4H3. The highest BCUT2D eigenvalue weighted by molar-refractivity contribution is 8.14. The quantitative estimate of drug-likeness (QED) is 0.755. The fraction of sp³-hybridized carbons (Fsp3) is 0.417. The topological polar surface area (TPSA) is 60.2 Å². The first-order valence-corrected chi connectivity index (χ1v) is 7.77. The molecule has 0 aliphatic rings. The van der Waals surface area contributed by atoms with Gasteiger partial charge in [-0.1, -0.05) is 26.8 Å². The number of nitrogens with zero attached hydrogens (tertiary/aromatic N) is 1. The lowest BCUT2D eigenvalue weighted by atomic mass is 9.97. The Morgan fingerprint density at radius 3 is 2.39 bits per heavy atom. The largest absolute Gasteiger partial charge is 0.439 e. The van der Waals surface area contributed by atoms with Gasteiger partial charge < -0.3 is 4.42 Å². The number of fused-ring (bicyclic) bond motifs is 1. The van der Waals surface area contributed by atoms with Crippen LogP contribution in [0.15, 0.2) is 21.4 Å². The monoisotopic (exact) mass is 287 g/mol. The van der Waals surface area contributed by atoms with Gasteiger partial charge in [-0.2, -0.15) is 0 Å². The number of halogens is 1. The first kappa shape index (κ1) is 13.4. The van der Waals surface area contributed by atoms with Gasteiger partial charge in [-0.05, 0) is 18.6 Å². The molecule has 2 rings (SSSR count). The Bertz CT molecular complexity index is 711. The minimum atomic E-state index is -3.85. The molecule has 0 aliphatic heterocycles. The number of aryl methyl sites for hydroxylation is 1. The van der Waals surface area contributed by atoms with Crippen molar-refractivity contribution in [2.45, 2.75) is 38.0 Å². The molecule has 6 heteroatoms. The number of hydrogen-bond acceptors (Lipinski definition) is 4. The van der Waals surface area contributed by atoms with Crippen LogP contribution in [0.2, 0.25) is 0 Å². The summed E-state index contributed by atoms with van der Waals surface area (Å²) in [4.78, 5) is 4.31. The van der Waals surface area contributed by atoms with E-state index < -0.39 is 9.05 Å². The van der Waals surface area contributed by atoms with Crippen LogP contribution in [0.25, 0.3) is 11.1 Å². The van der Waals surface area contributed by atoms with E-state index in [1.807, 2.05) is 20.8 Å². The predicted molar refractivity (Wildman–Crippen MR) is 70.5 cm³/mol. The number of aromatic nitrogens is 1. The molecule has 0 spiro atoms. The lowest BCUT2D eigenvalue weighted by Crippen LogP contribution is -2.10. The minimum absolute atomic E-state index is 0.00432. The summed E-state index contributed by atoms with van der Waals surface area (Å²) >= 11 is 0. The summed E-state index contributed by atoms with van der Waals surface area (Å²) in [6.07, 6.45) is 0. The fourth-order valence-corrected chi connectivity index (χ4v) is 3.09. The van der Waals surface area contributed by atoms with E-state index in [0.29, 0.717) is 17.0 Å². The van der Waals surface area contributed by atoms with Gasteiger partial charge in [0, 0.05) is 16.1 Å². The number of benzene rings is 1. The van der Waals surface area contributed by atoms with Crippen LogP contribution in [-0.2, 0) is 14.5 Å². The summed E-state index contributed by atoms with van der Waals surface area (Å²) in [5.74, 6) is 0.490. The van der Waals surface area contributed by atoms with Crippen LogP contribution >= 0.6 is 10.7 Å². The third kappa shape index (κ3) is 2.24. The van der Waals surface area contributed by atoms with Gasteiger partial charge in [-0.3, -0.25) is 0 Å². The van der Waals surface area contributed by atoms with Crippen LogP contribution in [0.5, 0.6) is 0 Å². The maximum atomic E-state index is 11.6. The molecule has 0 saturated heterocycles. The summed E-state index contributed by atoms with van der Waals surface area (Å²) in [5.41, 5.74) is 0.995. The Labute approximate surface area is 110 Å². The van der Waals surface area contributed by atoms with Gasteiger partial charge in [0.15, 0.2) is 5.58 Å². The van der Waals surface area contributed by atoms with Crippen molar-refractivity contribution >= 4 is 30.8 Å². The average molecular weight is 288 g/mol. The van der Waals surface area contributed by atoms with Crippen LogP contribution in [0.4, 0.5) is 0 Å². The zero-order valence-electron chi connectivity index (χ0n) is 10.6. The highest BCUT2D eigenvalue weighted by Crippen LogP contribution is 2.32. The molecule has 98 valence electrons. The van der Waals surface area contributed by atoms with Crippen molar-refractivity contribution in [1.82, 2.24) is 4.98 Å². The fourth-order valence-electron chi connectivity index (χ4n) is 1.69. The SMILES string of the molecule is Cc1ccc2nc(C(C)(C)C)oc2c1S(=O)(=O)Cl. The average Bonchev–Trinajstić information content (AvgIpc) is 2.57. The van der Waals surface area contributed by atoms with Gasteiger partial charge in [0.05, 0.1) is 0 Å². The molecule has 0 aliphatic carbocycles. The highest BCUT2D eigenvalue weighted by Gasteiger charge is 2.26. The number of rotatable bonds is 1. The van der Waals surface area contributed by atoms with Crippen LogP contribution in [0, 0.1) is 6.92 Å². The van der Waals surface area contributed by atoms with E-state index in [9.17, 15) is 8.42 Å². The maximum Gasteiger partial charge on any atom is 0.265 e. The predicted octanol–water partition coefficient (Wildman–Crippen LogP) is 3.36. The second-order valence-electron chi connectivity index (χ2n) is 5.27. The van der Waals surface area contributed by atoms with Crippen LogP contribution in [0.3, 0.4) is 0 Å². The van der Waals surface area contributed by atoms with Gasteiger partial charge in [0.1, 0.15) is 10.4 Å². The third-order valence-electron chi connectivity index (χ3n) is 2.59. The molecule has 0 radical (unpaired) electrons. The molecule has 0 N–H and O–H groups in total. The van der Waals surface area contributed by atoms with E-state index >= 15 is 0 Å². The van der Waals surface area contributed by atoms with Crippen molar-refractivity contribution in [2.75, 3.05) is 0 Å². The number of oxazole rings is 1. The molecule has 4 nitrogen and oxygen atoms in total. The molecule has 1 aromatic carbocycles. The molecular formula is C12H14ClNO3S. The van der Waals surface area contributed by atoms with E-state index in [0.717, 1.165) is 0 Å². The summed E-state index contributed by atoms with van der Waals surface area (Å²) in [6.45, 7) is 7.51. The molecule has 0 bridgehead atoms. The first-order chi connectivity index (χ1) is 8.10. The van der Waals surface area contributed by atoms with E-state index in [1.54, 1.807) is 19.1 Å². The Balaban J connectivity index is 2.87. The maximum absolute atomic E-state index is 11.6. The van der Waals surface area contributed by atoms with Gasteiger partial charge in [0.25, 0.3) is 9.05 Å². The lowest BCUT2D eigenvalue weighted by molar-refractivity contribution is 0.408. The lowest BCUT2D eigenvalue weighted by Gasteiger charge is -2.11. The molecule has 18 heavy (non-hydrogen) atoms. The second kappa shape index (κ2) is 3.96. The van der Waals surface area contributed by atoms with Crippen molar-refractivity contribution in [1.29, 1.82) is 0 Å². The zero-order valence-corrected chi connectivity index (χ0v) is 12.2.